The van der Waals surface area contributed by atoms with Crippen molar-refractivity contribution in [2.75, 3.05) is 11.1 Å². The third kappa shape index (κ3) is 4.80. The van der Waals surface area contributed by atoms with Crippen molar-refractivity contribution in [2.24, 2.45) is 7.05 Å². The molecule has 25 heavy (non-hydrogen) atoms. The summed E-state index contributed by atoms with van der Waals surface area (Å²) in [6, 6.07) is 9.53. The van der Waals surface area contributed by atoms with Crippen molar-refractivity contribution < 1.29 is 9.53 Å². The van der Waals surface area contributed by atoms with Gasteiger partial charge in [0, 0.05) is 12.4 Å². The smallest absolute Gasteiger partial charge is 0.236 e. The Labute approximate surface area is 153 Å². The van der Waals surface area contributed by atoms with E-state index in [1.807, 2.05) is 54.3 Å². The second-order valence-electron chi connectivity index (χ2n) is 5.19. The summed E-state index contributed by atoms with van der Waals surface area (Å²) < 4.78 is 7.50. The first-order valence-electron chi connectivity index (χ1n) is 7.52. The normalized spacial score (nSPS) is 10.6. The highest BCUT2D eigenvalue weighted by Crippen LogP contribution is 2.19. The van der Waals surface area contributed by atoms with Gasteiger partial charge >= 0.3 is 0 Å². The second kappa shape index (κ2) is 8.13. The number of anilines is 1. The van der Waals surface area contributed by atoms with Gasteiger partial charge < -0.3 is 14.6 Å². The molecule has 3 rings (SSSR count). The van der Waals surface area contributed by atoms with Crippen LogP contribution in [0.5, 0.6) is 5.75 Å². The molecule has 0 unspecified atom stereocenters. The molecule has 1 N–H and O–H groups in total. The van der Waals surface area contributed by atoms with Gasteiger partial charge in [0.1, 0.15) is 12.4 Å². The maximum absolute atomic E-state index is 12.0. The Kier molecular flexibility index (Phi) is 5.67. The topological polar surface area (TPSA) is 81.9 Å². The first-order valence-corrected chi connectivity index (χ1v) is 9.39. The zero-order valence-electron chi connectivity index (χ0n) is 13.8. The molecule has 0 saturated heterocycles. The van der Waals surface area contributed by atoms with Gasteiger partial charge in [-0.05, 0) is 19.1 Å². The van der Waals surface area contributed by atoms with Crippen molar-refractivity contribution in [1.82, 2.24) is 19.7 Å². The summed E-state index contributed by atoms with van der Waals surface area (Å²) in [5.74, 6) is 1.59. The number of benzene rings is 1. The minimum absolute atomic E-state index is 0.121. The Balaban J connectivity index is 1.51. The SMILES string of the molecule is Cc1csc(NC(=O)CSc2nnc(COc3ccccc3)n2C)n1. The Hall–Kier alpha value is -2.39. The molecule has 0 aliphatic rings. The predicted octanol–water partition coefficient (Wildman–Crippen LogP) is 2.89. The molecule has 3 aromatic rings. The number of nitrogens with one attached hydrogen (secondary N) is 1. The lowest BCUT2D eigenvalue weighted by Crippen LogP contribution is -2.14. The maximum atomic E-state index is 12.0. The quantitative estimate of drug-likeness (QED) is 0.640. The van der Waals surface area contributed by atoms with Crippen LogP contribution in [0.4, 0.5) is 5.13 Å². The van der Waals surface area contributed by atoms with Gasteiger partial charge in [-0.2, -0.15) is 0 Å². The Morgan fingerprint density at radius 1 is 1.32 bits per heavy atom. The van der Waals surface area contributed by atoms with E-state index in [1.54, 1.807) is 0 Å². The molecule has 2 heterocycles. The molecule has 1 aromatic carbocycles. The summed E-state index contributed by atoms with van der Waals surface area (Å²) in [6.45, 7) is 2.21. The lowest BCUT2D eigenvalue weighted by atomic mass is 10.3. The van der Waals surface area contributed by atoms with E-state index in [9.17, 15) is 4.79 Å². The van der Waals surface area contributed by atoms with Crippen LogP contribution in [0.3, 0.4) is 0 Å². The van der Waals surface area contributed by atoms with Gasteiger partial charge in [0.05, 0.1) is 11.4 Å². The average molecular weight is 375 g/mol. The Morgan fingerprint density at radius 2 is 2.12 bits per heavy atom. The second-order valence-corrected chi connectivity index (χ2v) is 6.99. The number of hydrogen-bond acceptors (Lipinski definition) is 7. The summed E-state index contributed by atoms with van der Waals surface area (Å²) >= 11 is 2.73. The highest BCUT2D eigenvalue weighted by molar-refractivity contribution is 7.99. The number of hydrogen-bond donors (Lipinski definition) is 1. The molecule has 0 spiro atoms. The number of aromatic nitrogens is 4. The van der Waals surface area contributed by atoms with Crippen LogP contribution in [0.15, 0.2) is 40.9 Å². The zero-order valence-corrected chi connectivity index (χ0v) is 15.4. The van der Waals surface area contributed by atoms with E-state index in [1.165, 1.54) is 23.1 Å². The van der Waals surface area contributed by atoms with Gasteiger partial charge in [0.25, 0.3) is 0 Å². The van der Waals surface area contributed by atoms with Crippen molar-refractivity contribution in [2.45, 2.75) is 18.7 Å². The number of nitrogens with zero attached hydrogens (tertiary/aromatic N) is 4. The number of thioether (sulfide) groups is 1. The lowest BCUT2D eigenvalue weighted by Gasteiger charge is -2.06. The molecular formula is C16H17N5O2S2. The number of para-hydroxylation sites is 1. The molecular weight excluding hydrogens is 358 g/mol. The number of thiazole rings is 1. The third-order valence-corrected chi connectivity index (χ3v) is 5.13. The van der Waals surface area contributed by atoms with Gasteiger partial charge in [0.2, 0.25) is 5.91 Å². The van der Waals surface area contributed by atoms with Crippen molar-refractivity contribution in [1.29, 1.82) is 0 Å². The first kappa shape index (κ1) is 17.4. The van der Waals surface area contributed by atoms with E-state index in [0.717, 1.165) is 11.4 Å². The first-order chi connectivity index (χ1) is 12.1. The van der Waals surface area contributed by atoms with Crippen LogP contribution >= 0.6 is 23.1 Å². The summed E-state index contributed by atoms with van der Waals surface area (Å²) in [6.07, 6.45) is 0. The minimum Gasteiger partial charge on any atom is -0.486 e. The number of rotatable bonds is 7. The standard InChI is InChI=1S/C16H17N5O2S2/c1-11-9-24-15(17-11)18-14(22)10-25-16-20-19-13(21(16)2)8-23-12-6-4-3-5-7-12/h3-7,9H,8,10H2,1-2H3,(H,17,18,22). The van der Waals surface area contributed by atoms with Crippen molar-refractivity contribution >= 4 is 34.1 Å². The highest BCUT2D eigenvalue weighted by Gasteiger charge is 2.13. The number of ether oxygens (including phenoxy) is 1. The van der Waals surface area contributed by atoms with Crippen LogP contribution in [-0.4, -0.2) is 31.4 Å². The van der Waals surface area contributed by atoms with Crippen LogP contribution in [0.2, 0.25) is 0 Å². The van der Waals surface area contributed by atoms with Gasteiger partial charge in [-0.15, -0.1) is 21.5 Å². The van der Waals surface area contributed by atoms with E-state index in [4.69, 9.17) is 4.74 Å². The van der Waals surface area contributed by atoms with E-state index in [-0.39, 0.29) is 11.7 Å². The van der Waals surface area contributed by atoms with E-state index in [0.29, 0.717) is 22.7 Å². The third-order valence-electron chi connectivity index (χ3n) is 3.23. The lowest BCUT2D eigenvalue weighted by molar-refractivity contribution is -0.113. The monoisotopic (exact) mass is 375 g/mol. The molecule has 0 bridgehead atoms. The molecule has 7 nitrogen and oxygen atoms in total. The molecule has 0 aliphatic heterocycles. The van der Waals surface area contributed by atoms with Crippen molar-refractivity contribution in [3.8, 4) is 5.75 Å². The molecule has 130 valence electrons. The molecule has 0 saturated carbocycles. The van der Waals surface area contributed by atoms with Crippen molar-refractivity contribution in [3.63, 3.8) is 0 Å². The fourth-order valence-corrected chi connectivity index (χ4v) is 3.39. The maximum Gasteiger partial charge on any atom is 0.236 e. The highest BCUT2D eigenvalue weighted by atomic mass is 32.2. The molecule has 9 heteroatoms. The van der Waals surface area contributed by atoms with Crippen LogP contribution < -0.4 is 10.1 Å². The molecule has 2 aromatic heterocycles. The average Bonchev–Trinajstić information content (AvgIpc) is 3.18. The van der Waals surface area contributed by atoms with E-state index < -0.39 is 0 Å². The van der Waals surface area contributed by atoms with Crippen LogP contribution in [-0.2, 0) is 18.4 Å². The fraction of sp³-hybridized carbons (Fsp3) is 0.250. The summed E-state index contributed by atoms with van der Waals surface area (Å²) in [5, 5.41) is 14.2. The van der Waals surface area contributed by atoms with Crippen LogP contribution in [0.1, 0.15) is 11.5 Å². The van der Waals surface area contributed by atoms with E-state index >= 15 is 0 Å². The molecule has 0 fully saturated rings. The van der Waals surface area contributed by atoms with Crippen LogP contribution in [0.25, 0.3) is 0 Å². The number of carbonyl (C=O) groups is 1. The molecule has 1 amide bonds. The van der Waals surface area contributed by atoms with Gasteiger partial charge in [0.15, 0.2) is 16.1 Å². The minimum atomic E-state index is -0.121. The fourth-order valence-electron chi connectivity index (χ4n) is 1.96. The number of aryl methyl sites for hydroxylation is 1. The predicted molar refractivity (Wildman–Crippen MR) is 98.0 cm³/mol. The molecule has 0 aliphatic carbocycles. The number of carbonyl (C=O) groups excluding carboxylic acids is 1. The summed E-state index contributed by atoms with van der Waals surface area (Å²) in [5.41, 5.74) is 0.893. The van der Waals surface area contributed by atoms with Crippen LogP contribution in [0, 0.1) is 6.92 Å². The number of amides is 1. The summed E-state index contributed by atoms with van der Waals surface area (Å²) in [7, 11) is 1.86. The molecule has 0 atom stereocenters. The Bertz CT molecular complexity index is 847. The van der Waals surface area contributed by atoms with Gasteiger partial charge in [-0.1, -0.05) is 30.0 Å². The van der Waals surface area contributed by atoms with Gasteiger partial charge in [-0.3, -0.25) is 4.79 Å². The largest absolute Gasteiger partial charge is 0.486 e. The Morgan fingerprint density at radius 3 is 2.84 bits per heavy atom. The van der Waals surface area contributed by atoms with Crippen molar-refractivity contribution in [3.05, 3.63) is 47.2 Å². The van der Waals surface area contributed by atoms with Gasteiger partial charge in [-0.25, -0.2) is 4.98 Å². The zero-order chi connectivity index (χ0) is 17.6. The summed E-state index contributed by atoms with van der Waals surface area (Å²) in [4.78, 5) is 16.2. The molecule has 0 radical (unpaired) electrons. The van der Waals surface area contributed by atoms with E-state index in [2.05, 4.69) is 20.5 Å².